The van der Waals surface area contributed by atoms with E-state index in [2.05, 4.69) is 32.5 Å². The number of rotatable bonds is 6. The van der Waals surface area contributed by atoms with Crippen LogP contribution in [0.4, 0.5) is 16.3 Å². The molecule has 1 aromatic heterocycles. The van der Waals surface area contributed by atoms with Gasteiger partial charge in [0, 0.05) is 19.8 Å². The third kappa shape index (κ3) is 8.24. The van der Waals surface area contributed by atoms with Crippen molar-refractivity contribution in [1.29, 1.82) is 0 Å². The van der Waals surface area contributed by atoms with Gasteiger partial charge in [0.2, 0.25) is 0 Å². The van der Waals surface area contributed by atoms with Gasteiger partial charge in [-0.05, 0) is 77.2 Å². The van der Waals surface area contributed by atoms with E-state index in [1.165, 1.54) is 6.20 Å². The zero-order valence-corrected chi connectivity index (χ0v) is 21.4. The van der Waals surface area contributed by atoms with Crippen molar-refractivity contribution in [3.8, 4) is 0 Å². The van der Waals surface area contributed by atoms with Gasteiger partial charge in [-0.1, -0.05) is 6.58 Å². The van der Waals surface area contributed by atoms with Crippen molar-refractivity contribution in [2.75, 3.05) is 24.2 Å². The van der Waals surface area contributed by atoms with E-state index in [1.807, 2.05) is 13.0 Å². The minimum absolute atomic E-state index is 0.303. The molecule has 0 aromatic carbocycles. The summed E-state index contributed by atoms with van der Waals surface area (Å²) in [5.41, 5.74) is 0.968. The Balaban J connectivity index is 2.07. The smallest absolute Gasteiger partial charge is 0.413 e. The second-order valence-corrected chi connectivity index (χ2v) is 9.24. The Morgan fingerprint density at radius 3 is 2.57 bits per heavy atom. The summed E-state index contributed by atoms with van der Waals surface area (Å²) in [5, 5.41) is 8.14. The van der Waals surface area contributed by atoms with Crippen molar-refractivity contribution in [3.63, 3.8) is 0 Å². The first-order valence-corrected chi connectivity index (χ1v) is 11.6. The number of allylic oxidation sites excluding steroid dienone is 1. The van der Waals surface area contributed by atoms with Crippen LogP contribution in [0.2, 0.25) is 0 Å². The molecule has 35 heavy (non-hydrogen) atoms. The number of aromatic nitrogens is 1. The van der Waals surface area contributed by atoms with Crippen LogP contribution < -0.4 is 16.0 Å². The monoisotopic (exact) mass is 484 g/mol. The molecule has 3 N–H and O–H groups in total. The summed E-state index contributed by atoms with van der Waals surface area (Å²) in [4.78, 5) is 47.8. The number of nitrogens with zero attached hydrogens (tertiary/aromatic N) is 3. The molecule has 3 amide bonds. The molecule has 0 saturated carbocycles. The molecule has 1 aliphatic rings. The molecule has 1 atom stereocenters. The van der Waals surface area contributed by atoms with Crippen molar-refractivity contribution in [2.45, 2.75) is 65.5 Å². The maximum Gasteiger partial charge on any atom is 0.413 e. The Morgan fingerprint density at radius 1 is 1.26 bits per heavy atom. The van der Waals surface area contributed by atoms with Crippen LogP contribution >= 0.6 is 0 Å². The van der Waals surface area contributed by atoms with Gasteiger partial charge in [0.15, 0.2) is 0 Å². The number of hydrogen-bond acceptors (Lipinski definition) is 7. The van der Waals surface area contributed by atoms with E-state index in [4.69, 9.17) is 4.74 Å². The molecule has 0 bridgehead atoms. The van der Waals surface area contributed by atoms with Gasteiger partial charge in [-0.2, -0.15) is 0 Å². The molecule has 2 heterocycles. The number of carbonyl (C=O) groups excluding carboxylic acids is 3. The van der Waals surface area contributed by atoms with Crippen molar-refractivity contribution in [2.24, 2.45) is 4.99 Å². The summed E-state index contributed by atoms with van der Waals surface area (Å²) < 4.78 is 5.23. The number of piperidine rings is 1. The number of likely N-dealkylation sites (tertiary alicyclic amines) is 1. The highest BCUT2D eigenvalue weighted by Gasteiger charge is 2.32. The Labute approximate surface area is 206 Å². The fourth-order valence-electron chi connectivity index (χ4n) is 3.57. The van der Waals surface area contributed by atoms with Gasteiger partial charge in [-0.3, -0.25) is 14.9 Å². The van der Waals surface area contributed by atoms with Crippen LogP contribution in [0.15, 0.2) is 41.3 Å². The van der Waals surface area contributed by atoms with Gasteiger partial charge in [-0.25, -0.2) is 14.8 Å². The Morgan fingerprint density at radius 2 is 1.97 bits per heavy atom. The van der Waals surface area contributed by atoms with Crippen LogP contribution in [0.25, 0.3) is 0 Å². The fraction of sp³-hybridized carbons (Fsp3) is 0.480. The van der Waals surface area contributed by atoms with E-state index in [-0.39, 0.29) is 6.04 Å². The summed E-state index contributed by atoms with van der Waals surface area (Å²) in [6, 6.07) is 1.32. The van der Waals surface area contributed by atoms with E-state index in [1.54, 1.807) is 51.9 Å². The summed E-state index contributed by atoms with van der Waals surface area (Å²) in [6.45, 7) is 13.4. The molecule has 1 aliphatic heterocycles. The number of hydrogen-bond donors (Lipinski definition) is 3. The van der Waals surface area contributed by atoms with E-state index in [9.17, 15) is 14.4 Å². The zero-order chi connectivity index (χ0) is 26.2. The number of pyridine rings is 1. The van der Waals surface area contributed by atoms with E-state index in [0.29, 0.717) is 41.4 Å². The molecule has 1 aromatic rings. The van der Waals surface area contributed by atoms with Crippen LogP contribution in [-0.4, -0.2) is 59.2 Å². The largest absolute Gasteiger partial charge is 0.444 e. The number of anilines is 2. The molecular weight excluding hydrogens is 448 g/mol. The first kappa shape index (κ1) is 27.6. The van der Waals surface area contributed by atoms with Crippen LogP contribution in [0.3, 0.4) is 0 Å². The first-order valence-electron chi connectivity index (χ1n) is 11.6. The van der Waals surface area contributed by atoms with Crippen molar-refractivity contribution in [3.05, 3.63) is 41.9 Å². The number of amides is 3. The van der Waals surface area contributed by atoms with Crippen molar-refractivity contribution in [1.82, 2.24) is 15.2 Å². The lowest BCUT2D eigenvalue weighted by Gasteiger charge is -2.35. The maximum absolute atomic E-state index is 13.0. The maximum atomic E-state index is 13.0. The van der Waals surface area contributed by atoms with E-state index in [0.717, 1.165) is 12.8 Å². The highest BCUT2D eigenvalue weighted by molar-refractivity contribution is 6.39. The second kappa shape index (κ2) is 12.1. The number of aryl methyl sites for hydroxylation is 1. The average molecular weight is 485 g/mol. The van der Waals surface area contributed by atoms with Gasteiger partial charge in [0.1, 0.15) is 17.2 Å². The minimum Gasteiger partial charge on any atom is -0.444 e. The normalized spacial score (nSPS) is 16.6. The standard InChI is InChI=1S/C25H36N6O4/c1-8-20(26-7)27-14-17(3)19-11-9-10-12-31(19)23(33)22(32)29-18-13-16(2)21(28-15-18)30-24(34)35-25(4,5)6/h8,13-15,19,26H,3,9-12H2,1-2,4-7H3,(H,29,32)(H,28,30,34)/b20-8-,27-14-/t19-/m0/s1. The molecule has 0 radical (unpaired) electrons. The van der Waals surface area contributed by atoms with E-state index < -0.39 is 23.5 Å². The van der Waals surface area contributed by atoms with Gasteiger partial charge >= 0.3 is 17.9 Å². The highest BCUT2D eigenvalue weighted by atomic mass is 16.6. The molecule has 1 saturated heterocycles. The highest BCUT2D eigenvalue weighted by Crippen LogP contribution is 2.23. The quantitative estimate of drug-likeness (QED) is 0.417. The van der Waals surface area contributed by atoms with Crippen LogP contribution in [0, 0.1) is 6.92 Å². The molecule has 0 aliphatic carbocycles. The number of carbonyl (C=O) groups is 3. The summed E-state index contributed by atoms with van der Waals surface area (Å²) in [6.07, 6.45) is 6.65. The van der Waals surface area contributed by atoms with Gasteiger partial charge in [0.25, 0.3) is 0 Å². The third-order valence-electron chi connectivity index (χ3n) is 5.24. The van der Waals surface area contributed by atoms with Crippen molar-refractivity contribution >= 4 is 35.6 Å². The van der Waals surface area contributed by atoms with Gasteiger partial charge < -0.3 is 20.3 Å². The predicted molar refractivity (Wildman–Crippen MR) is 137 cm³/mol. The lowest BCUT2D eigenvalue weighted by atomic mass is 9.96. The lowest BCUT2D eigenvalue weighted by molar-refractivity contribution is -0.145. The van der Waals surface area contributed by atoms with Gasteiger partial charge in [-0.15, -0.1) is 0 Å². The first-order chi connectivity index (χ1) is 16.4. The molecule has 2 rings (SSSR count). The Bertz CT molecular complexity index is 1030. The lowest BCUT2D eigenvalue weighted by Crippen LogP contribution is -2.49. The second-order valence-electron chi connectivity index (χ2n) is 9.24. The molecule has 0 spiro atoms. The van der Waals surface area contributed by atoms with Crippen LogP contribution in [0.5, 0.6) is 0 Å². The SMILES string of the molecule is C=C(/C=N\C(=C/C)NC)[C@@H]1CCCCN1C(=O)C(=O)Nc1cnc(NC(=O)OC(C)(C)C)c(C)c1. The fourth-order valence-corrected chi connectivity index (χ4v) is 3.57. The Hall–Kier alpha value is -3.69. The topological polar surface area (TPSA) is 125 Å². The number of nitrogens with one attached hydrogen (secondary N) is 3. The molecule has 0 unspecified atom stereocenters. The molecule has 10 nitrogen and oxygen atoms in total. The minimum atomic E-state index is -0.764. The van der Waals surface area contributed by atoms with Gasteiger partial charge in [0.05, 0.1) is 17.9 Å². The van der Waals surface area contributed by atoms with E-state index >= 15 is 0 Å². The van der Waals surface area contributed by atoms with Crippen LogP contribution in [-0.2, 0) is 14.3 Å². The van der Waals surface area contributed by atoms with Crippen LogP contribution in [0.1, 0.15) is 52.5 Å². The van der Waals surface area contributed by atoms with Crippen molar-refractivity contribution < 1.29 is 19.1 Å². The molecular formula is C25H36N6O4. The summed E-state index contributed by atoms with van der Waals surface area (Å²) in [7, 11) is 1.77. The summed E-state index contributed by atoms with van der Waals surface area (Å²) >= 11 is 0. The number of ether oxygens (including phenoxy) is 1. The molecule has 1 fully saturated rings. The average Bonchev–Trinajstić information content (AvgIpc) is 2.79. The number of aliphatic imine (C=N–C) groups is 1. The zero-order valence-electron chi connectivity index (χ0n) is 21.4. The molecule has 10 heteroatoms. The summed E-state index contributed by atoms with van der Waals surface area (Å²) in [5.74, 6) is -0.417. The third-order valence-corrected chi connectivity index (χ3v) is 5.24. The Kier molecular flexibility index (Phi) is 9.56. The predicted octanol–water partition coefficient (Wildman–Crippen LogP) is 3.76. The molecule has 190 valence electrons.